The number of rotatable bonds is 2. The Morgan fingerprint density at radius 3 is 2.67 bits per heavy atom. The summed E-state index contributed by atoms with van der Waals surface area (Å²) >= 11 is 0. The van der Waals surface area contributed by atoms with Crippen LogP contribution in [0.5, 0.6) is 0 Å². The van der Waals surface area contributed by atoms with E-state index in [-0.39, 0.29) is 5.56 Å². The van der Waals surface area contributed by atoms with Crippen molar-refractivity contribution < 1.29 is 14.5 Å². The molecule has 0 saturated carbocycles. The van der Waals surface area contributed by atoms with Gasteiger partial charge in [-0.2, -0.15) is 0 Å². The van der Waals surface area contributed by atoms with Crippen LogP contribution in [-0.4, -0.2) is 22.6 Å². The number of aryl methyl sites for hydroxylation is 1. The number of carbonyl (C=O) groups is 1. The summed E-state index contributed by atoms with van der Waals surface area (Å²) in [6, 6.07) is 1.17. The zero-order valence-corrected chi connectivity index (χ0v) is 8.09. The van der Waals surface area contributed by atoms with Gasteiger partial charge in [0.1, 0.15) is 5.56 Å². The van der Waals surface area contributed by atoms with Crippen LogP contribution < -0.4 is 5.56 Å². The first kappa shape index (κ1) is 10.9. The molecule has 0 bridgehead atoms. The number of aromatic nitrogens is 1. The number of carbonyl (C=O) groups excluding carboxylic acids is 1. The fourth-order valence-electron chi connectivity index (χ4n) is 1.07. The Balaban J connectivity index is 3.54. The number of hydrogen-bond donors (Lipinski definition) is 0. The molecule has 0 N–H and O–H groups in total. The number of nitrogens with zero attached hydrogens (tertiary/aromatic N) is 2. The lowest BCUT2D eigenvalue weighted by molar-refractivity contribution is -0.386. The van der Waals surface area contributed by atoms with Crippen LogP contribution in [0.25, 0.3) is 0 Å². The van der Waals surface area contributed by atoms with E-state index in [0.717, 1.165) is 11.7 Å². The smallest absolute Gasteiger partial charge is 0.348 e. The summed E-state index contributed by atoms with van der Waals surface area (Å²) in [7, 11) is 2.44. The van der Waals surface area contributed by atoms with Gasteiger partial charge in [0, 0.05) is 13.2 Å². The maximum atomic E-state index is 11.4. The highest BCUT2D eigenvalue weighted by Gasteiger charge is 2.25. The van der Waals surface area contributed by atoms with Crippen molar-refractivity contribution in [1.82, 2.24) is 4.57 Å². The number of pyridine rings is 1. The van der Waals surface area contributed by atoms with Crippen LogP contribution in [0.3, 0.4) is 0 Å². The third kappa shape index (κ3) is 1.85. The fraction of sp³-hybridized carbons (Fsp3) is 0.250. The molecule has 7 heteroatoms. The molecule has 0 spiro atoms. The molecule has 1 heterocycles. The van der Waals surface area contributed by atoms with Crippen molar-refractivity contribution >= 4 is 11.7 Å². The Morgan fingerprint density at radius 2 is 2.20 bits per heavy atom. The van der Waals surface area contributed by atoms with E-state index < -0.39 is 22.1 Å². The van der Waals surface area contributed by atoms with Gasteiger partial charge in [-0.25, -0.2) is 4.79 Å². The highest BCUT2D eigenvalue weighted by Crippen LogP contribution is 2.13. The molecule has 1 aromatic rings. The van der Waals surface area contributed by atoms with Gasteiger partial charge in [0.2, 0.25) is 0 Å². The molecular formula is C8H8N2O5. The molecule has 7 nitrogen and oxygen atoms in total. The van der Waals surface area contributed by atoms with E-state index in [4.69, 9.17) is 0 Å². The molecule has 0 aliphatic rings. The van der Waals surface area contributed by atoms with Crippen LogP contribution in [0, 0.1) is 10.1 Å². The highest BCUT2D eigenvalue weighted by molar-refractivity contribution is 5.93. The normalized spacial score (nSPS) is 9.73. The first-order valence-electron chi connectivity index (χ1n) is 3.91. The highest BCUT2D eigenvalue weighted by atomic mass is 16.6. The van der Waals surface area contributed by atoms with Crippen LogP contribution in [0.15, 0.2) is 17.1 Å². The molecule has 1 aromatic heterocycles. The maximum Gasteiger partial charge on any atom is 0.348 e. The number of ether oxygens (including phenoxy) is 1. The van der Waals surface area contributed by atoms with E-state index in [2.05, 4.69) is 4.74 Å². The summed E-state index contributed by atoms with van der Waals surface area (Å²) < 4.78 is 5.35. The van der Waals surface area contributed by atoms with Gasteiger partial charge < -0.3 is 9.30 Å². The largest absolute Gasteiger partial charge is 0.465 e. The van der Waals surface area contributed by atoms with Gasteiger partial charge in [-0.15, -0.1) is 0 Å². The summed E-state index contributed by atoms with van der Waals surface area (Å²) in [6.45, 7) is 0. The number of esters is 1. The minimum Gasteiger partial charge on any atom is -0.465 e. The van der Waals surface area contributed by atoms with Crippen molar-refractivity contribution in [1.29, 1.82) is 0 Å². The van der Waals surface area contributed by atoms with Crippen LogP contribution in [0.2, 0.25) is 0 Å². The topological polar surface area (TPSA) is 91.4 Å². The van der Waals surface area contributed by atoms with E-state index in [0.29, 0.717) is 0 Å². The van der Waals surface area contributed by atoms with E-state index in [1.807, 2.05) is 0 Å². The van der Waals surface area contributed by atoms with Gasteiger partial charge in [-0.1, -0.05) is 0 Å². The molecule has 0 aliphatic heterocycles. The standard InChI is InChI=1S/C8H8N2O5/c1-9-4-3-5(8(12)15-2)6(7(9)11)10(13)14/h3-4H,1-2H3. The Kier molecular flexibility index (Phi) is 2.84. The average Bonchev–Trinajstić information content (AvgIpc) is 2.20. The SMILES string of the molecule is COC(=O)c1ccn(C)c(=O)c1[N+](=O)[O-]. The van der Waals surface area contributed by atoms with Gasteiger partial charge >= 0.3 is 17.2 Å². The van der Waals surface area contributed by atoms with Crippen molar-refractivity contribution in [3.05, 3.63) is 38.3 Å². The Labute approximate surface area is 84.0 Å². The van der Waals surface area contributed by atoms with Crippen LogP contribution in [0.1, 0.15) is 10.4 Å². The molecule has 0 amide bonds. The van der Waals surface area contributed by atoms with Crippen molar-refractivity contribution in [2.75, 3.05) is 7.11 Å². The lowest BCUT2D eigenvalue weighted by atomic mass is 10.2. The van der Waals surface area contributed by atoms with Crippen LogP contribution >= 0.6 is 0 Å². The minimum atomic E-state index is -0.903. The van der Waals surface area contributed by atoms with Gasteiger partial charge in [-0.05, 0) is 6.07 Å². The molecule has 1 rings (SSSR count). The zero-order chi connectivity index (χ0) is 11.6. The molecular weight excluding hydrogens is 204 g/mol. The maximum absolute atomic E-state index is 11.4. The summed E-state index contributed by atoms with van der Waals surface area (Å²) in [5.41, 5.74) is -1.96. The Hall–Kier alpha value is -2.18. The lowest BCUT2D eigenvalue weighted by Crippen LogP contribution is -2.22. The predicted molar refractivity (Wildman–Crippen MR) is 49.7 cm³/mol. The van der Waals surface area contributed by atoms with Gasteiger partial charge in [-0.3, -0.25) is 14.9 Å². The fourth-order valence-corrected chi connectivity index (χ4v) is 1.07. The molecule has 0 aromatic carbocycles. The molecule has 0 fully saturated rings. The second kappa shape index (κ2) is 3.91. The van der Waals surface area contributed by atoms with E-state index in [1.54, 1.807) is 0 Å². The van der Waals surface area contributed by atoms with Gasteiger partial charge in [0.05, 0.1) is 12.0 Å². The van der Waals surface area contributed by atoms with Crippen molar-refractivity contribution in [3.8, 4) is 0 Å². The molecule has 0 aliphatic carbocycles. The van der Waals surface area contributed by atoms with Crippen molar-refractivity contribution in [2.24, 2.45) is 7.05 Å². The number of nitro groups is 1. The third-order valence-corrected chi connectivity index (χ3v) is 1.83. The summed E-state index contributed by atoms with van der Waals surface area (Å²) in [4.78, 5) is 32.2. The lowest BCUT2D eigenvalue weighted by Gasteiger charge is -2.02. The van der Waals surface area contributed by atoms with Crippen LogP contribution in [-0.2, 0) is 11.8 Å². The predicted octanol–water partition coefficient (Wildman–Crippen LogP) is 0.0801. The second-order valence-corrected chi connectivity index (χ2v) is 2.74. The van der Waals surface area contributed by atoms with E-state index >= 15 is 0 Å². The van der Waals surface area contributed by atoms with Gasteiger partial charge in [0.15, 0.2) is 0 Å². The van der Waals surface area contributed by atoms with Crippen molar-refractivity contribution in [3.63, 3.8) is 0 Å². The second-order valence-electron chi connectivity index (χ2n) is 2.74. The quantitative estimate of drug-likeness (QED) is 0.393. The zero-order valence-electron chi connectivity index (χ0n) is 8.09. The summed E-state index contributed by atoms with van der Waals surface area (Å²) in [5.74, 6) is -0.903. The van der Waals surface area contributed by atoms with Crippen molar-refractivity contribution in [2.45, 2.75) is 0 Å². The molecule has 0 saturated heterocycles. The molecule has 15 heavy (non-hydrogen) atoms. The Morgan fingerprint density at radius 1 is 1.60 bits per heavy atom. The monoisotopic (exact) mass is 212 g/mol. The number of methoxy groups -OCH3 is 1. The average molecular weight is 212 g/mol. The molecule has 0 unspecified atom stereocenters. The summed E-state index contributed by atoms with van der Waals surface area (Å²) in [5, 5.41) is 10.6. The van der Waals surface area contributed by atoms with E-state index in [1.165, 1.54) is 19.3 Å². The molecule has 0 atom stereocenters. The van der Waals surface area contributed by atoms with E-state index in [9.17, 15) is 19.7 Å². The minimum absolute atomic E-state index is 0.342. The molecule has 80 valence electrons. The summed E-state index contributed by atoms with van der Waals surface area (Å²) in [6.07, 6.45) is 1.27. The number of hydrogen-bond acceptors (Lipinski definition) is 5. The third-order valence-electron chi connectivity index (χ3n) is 1.83. The first-order valence-corrected chi connectivity index (χ1v) is 3.91. The van der Waals surface area contributed by atoms with Crippen LogP contribution in [0.4, 0.5) is 5.69 Å². The van der Waals surface area contributed by atoms with Gasteiger partial charge in [0.25, 0.3) is 0 Å². The molecule has 0 radical (unpaired) electrons. The Bertz CT molecular complexity index is 476. The first-order chi connectivity index (χ1) is 6.99.